The number of nitriles is 2. The fourth-order valence-corrected chi connectivity index (χ4v) is 5.81. The van der Waals surface area contributed by atoms with Gasteiger partial charge in [0.1, 0.15) is 17.9 Å². The molecule has 0 amide bonds. The summed E-state index contributed by atoms with van der Waals surface area (Å²) in [7, 11) is 0. The van der Waals surface area contributed by atoms with E-state index in [0.29, 0.717) is 24.2 Å². The lowest BCUT2D eigenvalue weighted by Crippen LogP contribution is -2.03. The fraction of sp³-hybridized carbons (Fsp3) is 0.286. The molecule has 0 radical (unpaired) electrons. The van der Waals surface area contributed by atoms with Gasteiger partial charge in [0.15, 0.2) is 0 Å². The Morgan fingerprint density at radius 1 is 0.769 bits per heavy atom. The number of benzene rings is 3. The lowest BCUT2D eigenvalue weighted by Gasteiger charge is -2.18. The first-order valence-electron chi connectivity index (χ1n) is 13.9. The summed E-state index contributed by atoms with van der Waals surface area (Å²) in [6.45, 7) is 2.10. The van der Waals surface area contributed by atoms with Gasteiger partial charge in [-0.05, 0) is 120 Å². The van der Waals surface area contributed by atoms with Gasteiger partial charge in [-0.1, -0.05) is 49.4 Å². The highest BCUT2D eigenvalue weighted by atomic mass is 16.3. The van der Waals surface area contributed by atoms with Crippen LogP contribution in [0.5, 0.6) is 5.75 Å². The first kappa shape index (κ1) is 26.2. The van der Waals surface area contributed by atoms with Crippen LogP contribution < -0.4 is 0 Å². The first-order chi connectivity index (χ1) is 19.1. The molecule has 0 aliphatic heterocycles. The van der Waals surface area contributed by atoms with E-state index in [9.17, 15) is 15.6 Å². The number of phenols is 1. The van der Waals surface area contributed by atoms with E-state index in [1.54, 1.807) is 6.20 Å². The highest BCUT2D eigenvalue weighted by Gasteiger charge is 2.15. The Bertz CT molecular complexity index is 1590. The summed E-state index contributed by atoms with van der Waals surface area (Å²) in [5, 5.41) is 30.2. The zero-order valence-electron chi connectivity index (χ0n) is 22.5. The predicted molar refractivity (Wildman–Crippen MR) is 154 cm³/mol. The van der Waals surface area contributed by atoms with Crippen LogP contribution in [0.25, 0.3) is 11.1 Å². The molecule has 1 aliphatic rings. The zero-order chi connectivity index (χ0) is 27.2. The summed E-state index contributed by atoms with van der Waals surface area (Å²) in [6.07, 6.45) is 11.9. The van der Waals surface area contributed by atoms with E-state index in [1.165, 1.54) is 29.5 Å². The molecule has 0 saturated heterocycles. The Hall–Kier alpha value is -4.41. The normalized spacial score (nSPS) is 12.4. The van der Waals surface area contributed by atoms with Gasteiger partial charge in [-0.25, -0.2) is 0 Å². The van der Waals surface area contributed by atoms with Crippen LogP contribution in [-0.4, -0.2) is 10.1 Å². The van der Waals surface area contributed by atoms with Gasteiger partial charge in [0.05, 0.1) is 11.1 Å². The summed E-state index contributed by atoms with van der Waals surface area (Å²) in [5.41, 5.74) is 11.5. The number of rotatable bonds is 8. The van der Waals surface area contributed by atoms with Crippen molar-refractivity contribution in [3.8, 4) is 29.0 Å². The van der Waals surface area contributed by atoms with E-state index in [0.717, 1.165) is 71.0 Å². The molecule has 1 aromatic heterocycles. The van der Waals surface area contributed by atoms with Crippen LogP contribution in [0.1, 0.15) is 69.8 Å². The number of aromatic nitrogens is 1. The molecular weight excluding hydrogens is 478 g/mol. The van der Waals surface area contributed by atoms with Crippen LogP contribution in [0.3, 0.4) is 0 Å². The number of aryl methyl sites for hydroxylation is 7. The van der Waals surface area contributed by atoms with Crippen LogP contribution in [0, 0.1) is 22.7 Å². The second-order valence-electron chi connectivity index (χ2n) is 10.4. The largest absolute Gasteiger partial charge is 0.508 e. The summed E-state index contributed by atoms with van der Waals surface area (Å²) in [5.74, 6) is 0.313. The van der Waals surface area contributed by atoms with Gasteiger partial charge in [0, 0.05) is 12.4 Å². The van der Waals surface area contributed by atoms with Crippen molar-refractivity contribution in [2.24, 2.45) is 0 Å². The average Bonchev–Trinajstić information content (AvgIpc) is 2.99. The summed E-state index contributed by atoms with van der Waals surface area (Å²) in [6, 6.07) is 23.3. The van der Waals surface area contributed by atoms with Crippen molar-refractivity contribution in [1.82, 2.24) is 4.98 Å². The van der Waals surface area contributed by atoms with Crippen molar-refractivity contribution in [2.45, 2.75) is 64.7 Å². The Balaban J connectivity index is 1.37. The lowest BCUT2D eigenvalue weighted by molar-refractivity contribution is 0.466. The van der Waals surface area contributed by atoms with Gasteiger partial charge in [-0.15, -0.1) is 0 Å². The van der Waals surface area contributed by atoms with Gasteiger partial charge >= 0.3 is 0 Å². The summed E-state index contributed by atoms with van der Waals surface area (Å²) in [4.78, 5) is 4.18. The van der Waals surface area contributed by atoms with Crippen molar-refractivity contribution in [3.63, 3.8) is 0 Å². The second-order valence-corrected chi connectivity index (χ2v) is 10.4. The molecule has 4 nitrogen and oxygen atoms in total. The van der Waals surface area contributed by atoms with Crippen LogP contribution in [0.4, 0.5) is 0 Å². The van der Waals surface area contributed by atoms with Gasteiger partial charge in [0.2, 0.25) is 0 Å². The van der Waals surface area contributed by atoms with Gasteiger partial charge in [0.25, 0.3) is 0 Å². The average molecular weight is 512 g/mol. The topological polar surface area (TPSA) is 80.7 Å². The molecule has 39 heavy (non-hydrogen) atoms. The van der Waals surface area contributed by atoms with Crippen molar-refractivity contribution < 1.29 is 5.11 Å². The van der Waals surface area contributed by atoms with Crippen molar-refractivity contribution in [1.29, 1.82) is 10.5 Å². The molecule has 3 aromatic carbocycles. The lowest BCUT2D eigenvalue weighted by atomic mass is 9.87. The predicted octanol–water partition coefficient (Wildman–Crippen LogP) is 7.21. The fourth-order valence-electron chi connectivity index (χ4n) is 5.81. The third-order valence-electron chi connectivity index (χ3n) is 7.97. The molecule has 1 heterocycles. The molecule has 0 fully saturated rings. The number of nitrogens with zero attached hydrogens (tertiary/aromatic N) is 3. The Morgan fingerprint density at radius 3 is 2.36 bits per heavy atom. The van der Waals surface area contributed by atoms with E-state index in [2.05, 4.69) is 48.3 Å². The highest BCUT2D eigenvalue weighted by molar-refractivity contribution is 5.73. The molecule has 1 N–H and O–H groups in total. The summed E-state index contributed by atoms with van der Waals surface area (Å²) >= 11 is 0. The van der Waals surface area contributed by atoms with Crippen LogP contribution in [0.15, 0.2) is 67.0 Å². The maximum atomic E-state index is 10.8. The number of hydrogen-bond acceptors (Lipinski definition) is 4. The van der Waals surface area contributed by atoms with Crippen LogP contribution >= 0.6 is 0 Å². The Kier molecular flexibility index (Phi) is 8.04. The molecule has 4 heteroatoms. The smallest absolute Gasteiger partial charge is 0.119 e. The maximum Gasteiger partial charge on any atom is 0.119 e. The molecular formula is C35H33N3O. The molecule has 0 unspecified atom stereocenters. The van der Waals surface area contributed by atoms with Crippen molar-refractivity contribution in [2.75, 3.05) is 0 Å². The van der Waals surface area contributed by atoms with E-state index >= 15 is 0 Å². The molecule has 4 aromatic rings. The monoisotopic (exact) mass is 511 g/mol. The number of hydrogen-bond donors (Lipinski definition) is 1. The van der Waals surface area contributed by atoms with Gasteiger partial charge in [-0.2, -0.15) is 10.5 Å². The number of fused-ring (bicyclic) bond motifs is 1. The Morgan fingerprint density at radius 2 is 1.56 bits per heavy atom. The van der Waals surface area contributed by atoms with Gasteiger partial charge in [-0.3, -0.25) is 4.98 Å². The molecule has 0 spiro atoms. The quantitative estimate of drug-likeness (QED) is 0.271. The van der Waals surface area contributed by atoms with E-state index in [1.807, 2.05) is 36.5 Å². The maximum absolute atomic E-state index is 10.8. The minimum Gasteiger partial charge on any atom is -0.508 e. The molecule has 0 bridgehead atoms. The second kappa shape index (κ2) is 12.0. The van der Waals surface area contributed by atoms with Gasteiger partial charge < -0.3 is 5.11 Å². The standard InChI is InChI=1S/C35H33N3O/c1-2-26-19-35(39)32(18-30(26)11-10-24-16-25(20-36)23-38-22-24)15-13-28-8-5-9-33(34(28)21-37)31-14-12-27-6-3-4-7-29(27)17-31/h5,8-9,12,14,16-19,22-23,39H,2-4,6-7,10-11,13,15H2,1H3. The van der Waals surface area contributed by atoms with E-state index < -0.39 is 0 Å². The third kappa shape index (κ3) is 5.87. The number of aromatic hydroxyl groups is 1. The minimum atomic E-state index is 0.313. The zero-order valence-corrected chi connectivity index (χ0v) is 22.5. The molecule has 1 aliphatic carbocycles. The molecule has 194 valence electrons. The van der Waals surface area contributed by atoms with E-state index in [-0.39, 0.29) is 0 Å². The summed E-state index contributed by atoms with van der Waals surface area (Å²) < 4.78 is 0. The Labute approximate surface area is 231 Å². The SMILES string of the molecule is CCc1cc(O)c(CCc2cccc(-c3ccc4c(c3)CCCC4)c2C#N)cc1CCc1cncc(C#N)c1. The van der Waals surface area contributed by atoms with Crippen LogP contribution in [0.2, 0.25) is 0 Å². The minimum absolute atomic E-state index is 0.313. The van der Waals surface area contributed by atoms with Crippen LogP contribution in [-0.2, 0) is 44.9 Å². The van der Waals surface area contributed by atoms with E-state index in [4.69, 9.17) is 0 Å². The van der Waals surface area contributed by atoms with Crippen molar-refractivity contribution in [3.05, 3.63) is 117 Å². The number of pyridine rings is 1. The van der Waals surface area contributed by atoms with Crippen molar-refractivity contribution >= 4 is 0 Å². The third-order valence-corrected chi connectivity index (χ3v) is 7.97. The highest BCUT2D eigenvalue weighted by Crippen LogP contribution is 2.32. The molecule has 0 atom stereocenters. The molecule has 0 saturated carbocycles. The number of phenolic OH excluding ortho intramolecular Hbond substituents is 1. The first-order valence-corrected chi connectivity index (χ1v) is 13.9. The molecule has 5 rings (SSSR count).